The van der Waals surface area contributed by atoms with Crippen molar-refractivity contribution in [1.29, 1.82) is 0 Å². The molecule has 8 heteroatoms. The maximum Gasteiger partial charge on any atom is 0.291 e. The van der Waals surface area contributed by atoms with Crippen molar-refractivity contribution in [3.05, 3.63) is 76.3 Å². The zero-order valence-electron chi connectivity index (χ0n) is 16.1. The first kappa shape index (κ1) is 19.6. The molecule has 1 saturated heterocycles. The molecule has 1 aliphatic rings. The van der Waals surface area contributed by atoms with Crippen LogP contribution in [0, 0.1) is 15.9 Å². The van der Waals surface area contributed by atoms with Crippen LogP contribution in [0.5, 0.6) is 0 Å². The monoisotopic (exact) mass is 409 g/mol. The highest BCUT2D eigenvalue weighted by Gasteiger charge is 2.20. The minimum absolute atomic E-state index is 0.0244. The fourth-order valence-corrected chi connectivity index (χ4v) is 3.61. The van der Waals surface area contributed by atoms with Crippen LogP contribution in [0.3, 0.4) is 0 Å². The summed E-state index contributed by atoms with van der Waals surface area (Å²) >= 11 is 0. The number of carbonyl (C=O) groups is 1. The number of hydrogen-bond acceptors (Lipinski definition) is 5. The van der Waals surface area contributed by atoms with Crippen molar-refractivity contribution in [1.82, 2.24) is 0 Å². The Hall–Kier alpha value is -3.68. The fourth-order valence-electron chi connectivity index (χ4n) is 3.61. The minimum atomic E-state index is -0.565. The molecule has 154 valence electrons. The molecule has 7 nitrogen and oxygen atoms in total. The van der Waals surface area contributed by atoms with E-state index in [1.807, 2.05) is 4.90 Å². The third kappa shape index (κ3) is 4.03. The molecule has 0 bridgehead atoms. The molecule has 0 saturated carbocycles. The Kier molecular flexibility index (Phi) is 5.47. The summed E-state index contributed by atoms with van der Waals surface area (Å²) in [6, 6.07) is 13.6. The molecule has 0 radical (unpaired) electrons. The summed E-state index contributed by atoms with van der Waals surface area (Å²) in [5.74, 6) is -0.776. The van der Waals surface area contributed by atoms with Gasteiger partial charge in [-0.05, 0) is 55.7 Å². The number of halogens is 1. The number of nitrogens with zero attached hydrogens (tertiary/aromatic N) is 2. The summed E-state index contributed by atoms with van der Waals surface area (Å²) in [7, 11) is 0. The van der Waals surface area contributed by atoms with Crippen LogP contribution in [-0.2, 0) is 0 Å². The Balaban J connectivity index is 1.50. The van der Waals surface area contributed by atoms with Gasteiger partial charge in [-0.25, -0.2) is 4.39 Å². The summed E-state index contributed by atoms with van der Waals surface area (Å²) < 4.78 is 20.1. The molecule has 1 N–H and O–H groups in total. The second-order valence-electron chi connectivity index (χ2n) is 7.11. The normalized spacial score (nSPS) is 13.8. The molecule has 30 heavy (non-hydrogen) atoms. The first-order chi connectivity index (χ1) is 14.5. The summed E-state index contributed by atoms with van der Waals surface area (Å²) in [5.41, 5.74) is 0.999. The molecule has 1 fully saturated rings. The van der Waals surface area contributed by atoms with Gasteiger partial charge in [0.25, 0.3) is 11.6 Å². The highest BCUT2D eigenvalue weighted by molar-refractivity contribution is 6.02. The maximum absolute atomic E-state index is 14.6. The lowest BCUT2D eigenvalue weighted by Crippen LogP contribution is -2.30. The van der Waals surface area contributed by atoms with E-state index in [2.05, 4.69) is 5.32 Å². The van der Waals surface area contributed by atoms with Gasteiger partial charge in [-0.1, -0.05) is 12.1 Å². The van der Waals surface area contributed by atoms with Crippen molar-refractivity contribution in [3.63, 3.8) is 0 Å². The van der Waals surface area contributed by atoms with Gasteiger partial charge in [-0.15, -0.1) is 0 Å². The van der Waals surface area contributed by atoms with Gasteiger partial charge < -0.3 is 14.6 Å². The van der Waals surface area contributed by atoms with E-state index in [-0.39, 0.29) is 22.8 Å². The van der Waals surface area contributed by atoms with Crippen LogP contribution in [-0.4, -0.2) is 23.9 Å². The Morgan fingerprint density at radius 3 is 2.57 bits per heavy atom. The van der Waals surface area contributed by atoms with Crippen molar-refractivity contribution in [3.8, 4) is 11.3 Å². The lowest BCUT2D eigenvalue weighted by atomic mass is 10.1. The summed E-state index contributed by atoms with van der Waals surface area (Å²) in [6.07, 6.45) is 3.24. The topological polar surface area (TPSA) is 88.6 Å². The van der Waals surface area contributed by atoms with Crippen molar-refractivity contribution in [2.45, 2.75) is 19.3 Å². The van der Waals surface area contributed by atoms with E-state index < -0.39 is 16.6 Å². The number of nitro benzene ring substituents is 1. The van der Waals surface area contributed by atoms with Crippen molar-refractivity contribution in [2.75, 3.05) is 23.3 Å². The fraction of sp³-hybridized carbons (Fsp3) is 0.227. The molecule has 4 rings (SSSR count). The average Bonchev–Trinajstić information content (AvgIpc) is 3.25. The van der Waals surface area contributed by atoms with Crippen LogP contribution in [0.4, 0.5) is 21.5 Å². The van der Waals surface area contributed by atoms with Crippen LogP contribution in [0.1, 0.15) is 29.8 Å². The predicted octanol–water partition coefficient (Wildman–Crippen LogP) is 5.24. The van der Waals surface area contributed by atoms with Gasteiger partial charge in [-0.2, -0.15) is 0 Å². The second-order valence-corrected chi connectivity index (χ2v) is 7.11. The number of carbonyl (C=O) groups excluding carboxylic acids is 1. The van der Waals surface area contributed by atoms with E-state index in [4.69, 9.17) is 4.42 Å². The van der Waals surface area contributed by atoms with Gasteiger partial charge in [0.15, 0.2) is 5.76 Å². The first-order valence-electron chi connectivity index (χ1n) is 9.72. The van der Waals surface area contributed by atoms with Crippen LogP contribution < -0.4 is 10.2 Å². The van der Waals surface area contributed by atoms with E-state index in [1.54, 1.807) is 30.3 Å². The van der Waals surface area contributed by atoms with E-state index in [0.29, 0.717) is 11.4 Å². The van der Waals surface area contributed by atoms with Crippen molar-refractivity contribution < 1.29 is 18.5 Å². The highest BCUT2D eigenvalue weighted by atomic mass is 19.1. The number of para-hydroxylation sites is 1. The molecule has 2 heterocycles. The highest BCUT2D eigenvalue weighted by Crippen LogP contribution is 2.31. The Labute approximate surface area is 172 Å². The number of benzene rings is 2. The number of amides is 1. The quantitative estimate of drug-likeness (QED) is 0.460. The van der Waals surface area contributed by atoms with Crippen LogP contribution in [0.15, 0.2) is 59.0 Å². The molecule has 1 aromatic heterocycles. The number of anilines is 2. The molecule has 0 atom stereocenters. The lowest BCUT2D eigenvalue weighted by molar-refractivity contribution is -0.384. The van der Waals surface area contributed by atoms with Crippen molar-refractivity contribution >= 4 is 23.0 Å². The van der Waals surface area contributed by atoms with Gasteiger partial charge in [0.2, 0.25) is 0 Å². The Bertz CT molecular complexity index is 1090. The van der Waals surface area contributed by atoms with Crippen LogP contribution in [0.25, 0.3) is 11.3 Å². The summed E-state index contributed by atoms with van der Waals surface area (Å²) in [5, 5.41) is 13.8. The number of hydrogen-bond donors (Lipinski definition) is 1. The summed E-state index contributed by atoms with van der Waals surface area (Å²) in [6.45, 7) is 1.65. The second kappa shape index (κ2) is 8.36. The largest absolute Gasteiger partial charge is 0.451 e. The average molecular weight is 409 g/mol. The van der Waals surface area contributed by atoms with Gasteiger partial charge in [0, 0.05) is 24.8 Å². The number of nitro groups is 1. The lowest BCUT2D eigenvalue weighted by Gasteiger charge is -2.29. The molecule has 3 aromatic rings. The van der Waals surface area contributed by atoms with Gasteiger partial charge in [0.1, 0.15) is 11.6 Å². The molecular weight excluding hydrogens is 389 g/mol. The molecule has 1 aliphatic heterocycles. The molecule has 0 spiro atoms. The van der Waals surface area contributed by atoms with Gasteiger partial charge >= 0.3 is 0 Å². The number of rotatable bonds is 5. The van der Waals surface area contributed by atoms with Crippen molar-refractivity contribution in [2.24, 2.45) is 0 Å². The van der Waals surface area contributed by atoms with Crippen LogP contribution >= 0.6 is 0 Å². The van der Waals surface area contributed by atoms with E-state index in [0.717, 1.165) is 32.4 Å². The molecule has 0 aliphatic carbocycles. The zero-order chi connectivity index (χ0) is 21.1. The maximum atomic E-state index is 14.6. The molecule has 1 amide bonds. The summed E-state index contributed by atoms with van der Waals surface area (Å²) in [4.78, 5) is 25.2. The smallest absolute Gasteiger partial charge is 0.291 e. The Morgan fingerprint density at radius 2 is 1.83 bits per heavy atom. The first-order valence-corrected chi connectivity index (χ1v) is 9.72. The minimum Gasteiger partial charge on any atom is -0.451 e. The predicted molar refractivity (Wildman–Crippen MR) is 111 cm³/mol. The number of piperidine rings is 1. The third-order valence-electron chi connectivity index (χ3n) is 5.10. The number of nitrogens with one attached hydrogen (secondary N) is 1. The number of furan rings is 1. The van der Waals surface area contributed by atoms with E-state index >= 15 is 0 Å². The third-order valence-corrected chi connectivity index (χ3v) is 5.10. The van der Waals surface area contributed by atoms with E-state index in [1.165, 1.54) is 24.3 Å². The molecular formula is C22H20FN3O4. The SMILES string of the molecule is O=C(Nc1ccc(N2CCCCC2)c(F)c1)c1ccc(-c2ccccc2[N+](=O)[O-])o1. The molecule has 0 unspecified atom stereocenters. The zero-order valence-corrected chi connectivity index (χ0v) is 16.1. The van der Waals surface area contributed by atoms with Crippen LogP contribution in [0.2, 0.25) is 0 Å². The van der Waals surface area contributed by atoms with Gasteiger partial charge in [0.05, 0.1) is 16.2 Å². The van der Waals surface area contributed by atoms with Gasteiger partial charge in [-0.3, -0.25) is 14.9 Å². The standard InChI is InChI=1S/C22H20FN3O4/c23-17-14-15(8-9-19(17)25-12-4-1-5-13-25)24-22(27)21-11-10-20(30-21)16-6-2-3-7-18(16)26(28)29/h2-3,6-11,14H,1,4-5,12-13H2,(H,24,27). The molecule has 2 aromatic carbocycles. The Morgan fingerprint density at radius 1 is 1.07 bits per heavy atom. The van der Waals surface area contributed by atoms with E-state index in [9.17, 15) is 19.3 Å².